The minimum atomic E-state index is -1.17. The number of aryl methyl sites for hydroxylation is 1. The molecule has 0 saturated carbocycles. The maximum atomic E-state index is 12.9. The van der Waals surface area contributed by atoms with E-state index in [1.807, 2.05) is 0 Å². The Morgan fingerprint density at radius 1 is 1.47 bits per heavy atom. The van der Waals surface area contributed by atoms with Gasteiger partial charge in [-0.1, -0.05) is 0 Å². The largest absolute Gasteiger partial charge is 0.479 e. The van der Waals surface area contributed by atoms with Crippen LogP contribution in [0.2, 0.25) is 0 Å². The Morgan fingerprint density at radius 2 is 2.16 bits per heavy atom. The first-order chi connectivity index (χ1) is 8.93. The highest BCUT2D eigenvalue weighted by molar-refractivity contribution is 5.90. The number of benzene rings is 1. The van der Waals surface area contributed by atoms with E-state index in [0.29, 0.717) is 11.3 Å². The summed E-state index contributed by atoms with van der Waals surface area (Å²) in [5, 5.41) is 13.6. The van der Waals surface area contributed by atoms with Gasteiger partial charge in [-0.15, -0.1) is 0 Å². The van der Waals surface area contributed by atoms with E-state index in [9.17, 15) is 14.0 Å². The van der Waals surface area contributed by atoms with E-state index in [0.717, 1.165) is 0 Å². The number of urea groups is 1. The predicted molar refractivity (Wildman–Crippen MR) is 66.6 cm³/mol. The van der Waals surface area contributed by atoms with Gasteiger partial charge >= 0.3 is 12.0 Å². The average Bonchev–Trinajstić information content (AvgIpc) is 2.33. The highest BCUT2D eigenvalue weighted by Crippen LogP contribution is 2.15. The minimum Gasteiger partial charge on any atom is -0.479 e. The number of ether oxygens (including phenoxy) is 1. The Balaban J connectivity index is 2.53. The number of hydrogen-bond acceptors (Lipinski definition) is 3. The van der Waals surface area contributed by atoms with Crippen LogP contribution in [0.4, 0.5) is 14.9 Å². The number of halogens is 1. The first-order valence-corrected chi connectivity index (χ1v) is 5.50. The predicted octanol–water partition coefficient (Wildman–Crippen LogP) is 1.36. The molecule has 1 rings (SSSR count). The topological polar surface area (TPSA) is 87.7 Å². The van der Waals surface area contributed by atoms with Crippen molar-refractivity contribution in [2.75, 3.05) is 19.0 Å². The second-order valence-corrected chi connectivity index (χ2v) is 3.86. The number of carboxylic acid groups (broad SMARTS) is 1. The van der Waals surface area contributed by atoms with Crippen molar-refractivity contribution in [3.05, 3.63) is 29.6 Å². The third-order valence-corrected chi connectivity index (χ3v) is 2.44. The Labute approximate surface area is 109 Å². The lowest BCUT2D eigenvalue weighted by molar-refractivity contribution is -0.147. The quantitative estimate of drug-likeness (QED) is 0.753. The second kappa shape index (κ2) is 6.69. The van der Waals surface area contributed by atoms with Crippen LogP contribution in [0.5, 0.6) is 0 Å². The molecular weight excluding hydrogens is 255 g/mol. The molecule has 7 heteroatoms. The number of carbonyl (C=O) groups excluding carboxylic acids is 1. The summed E-state index contributed by atoms with van der Waals surface area (Å²) in [6.45, 7) is 1.48. The molecule has 0 aliphatic rings. The molecule has 0 aliphatic heterocycles. The third-order valence-electron chi connectivity index (χ3n) is 2.44. The number of amides is 2. The number of carboxylic acids is 1. The van der Waals surface area contributed by atoms with Crippen LogP contribution in [0.3, 0.4) is 0 Å². The number of rotatable bonds is 5. The first kappa shape index (κ1) is 14.9. The van der Waals surface area contributed by atoms with Crippen LogP contribution < -0.4 is 10.6 Å². The summed E-state index contributed by atoms with van der Waals surface area (Å²) >= 11 is 0. The highest BCUT2D eigenvalue weighted by atomic mass is 19.1. The fraction of sp³-hybridized carbons (Fsp3) is 0.333. The lowest BCUT2D eigenvalue weighted by atomic mass is 10.2. The van der Waals surface area contributed by atoms with E-state index >= 15 is 0 Å². The summed E-state index contributed by atoms with van der Waals surface area (Å²) in [5.41, 5.74) is 1.01. The number of aliphatic carboxylic acids is 1. The lowest BCUT2D eigenvalue weighted by Crippen LogP contribution is -2.39. The van der Waals surface area contributed by atoms with Crippen molar-refractivity contribution in [2.24, 2.45) is 0 Å². The lowest BCUT2D eigenvalue weighted by Gasteiger charge is -2.13. The van der Waals surface area contributed by atoms with E-state index in [1.165, 1.54) is 25.3 Å². The molecule has 0 spiro atoms. The zero-order chi connectivity index (χ0) is 14.4. The van der Waals surface area contributed by atoms with Crippen LogP contribution in [0, 0.1) is 12.7 Å². The summed E-state index contributed by atoms with van der Waals surface area (Å²) in [5.74, 6) is -1.56. The van der Waals surface area contributed by atoms with Crippen LogP contribution in [0.15, 0.2) is 18.2 Å². The number of hydrogen-bond donors (Lipinski definition) is 3. The summed E-state index contributed by atoms with van der Waals surface area (Å²) in [4.78, 5) is 22.2. The molecule has 6 nitrogen and oxygen atoms in total. The van der Waals surface area contributed by atoms with Gasteiger partial charge in [0.25, 0.3) is 0 Å². The molecule has 1 atom stereocenters. The van der Waals surface area contributed by atoms with Crippen LogP contribution in [0.25, 0.3) is 0 Å². The molecule has 1 aromatic carbocycles. The van der Waals surface area contributed by atoms with E-state index in [1.54, 1.807) is 6.92 Å². The van der Waals surface area contributed by atoms with E-state index in [4.69, 9.17) is 5.11 Å². The zero-order valence-corrected chi connectivity index (χ0v) is 10.6. The molecule has 0 aliphatic carbocycles. The monoisotopic (exact) mass is 270 g/mol. The molecule has 0 fully saturated rings. The fourth-order valence-electron chi connectivity index (χ4n) is 1.39. The zero-order valence-electron chi connectivity index (χ0n) is 10.6. The third kappa shape index (κ3) is 4.55. The summed E-state index contributed by atoms with van der Waals surface area (Å²) in [6.07, 6.45) is -1.11. The van der Waals surface area contributed by atoms with Crippen molar-refractivity contribution in [2.45, 2.75) is 13.0 Å². The van der Waals surface area contributed by atoms with Gasteiger partial charge in [-0.2, -0.15) is 0 Å². The van der Waals surface area contributed by atoms with Crippen molar-refractivity contribution in [1.29, 1.82) is 0 Å². The van der Waals surface area contributed by atoms with Crippen molar-refractivity contribution in [3.63, 3.8) is 0 Å². The molecule has 0 heterocycles. The van der Waals surface area contributed by atoms with Gasteiger partial charge in [-0.05, 0) is 30.7 Å². The van der Waals surface area contributed by atoms with Gasteiger partial charge in [0, 0.05) is 12.8 Å². The molecule has 2 amide bonds. The maximum absolute atomic E-state index is 12.9. The standard InChI is InChI=1S/C12H15FN2O4/c1-7-5-8(13)3-4-9(7)15-12(18)14-6-10(19-2)11(16)17/h3-5,10H,6H2,1-2H3,(H,16,17)(H2,14,15,18). The molecular formula is C12H15FN2O4. The van der Waals surface area contributed by atoms with Crippen LogP contribution in [0.1, 0.15) is 5.56 Å². The maximum Gasteiger partial charge on any atom is 0.334 e. The SMILES string of the molecule is COC(CNC(=O)Nc1ccc(F)cc1C)C(=O)O. The summed E-state index contributed by atoms with van der Waals surface area (Å²) in [6, 6.07) is 3.34. The Bertz CT molecular complexity index is 479. The van der Waals surface area contributed by atoms with Crippen molar-refractivity contribution in [1.82, 2.24) is 5.32 Å². The van der Waals surface area contributed by atoms with Gasteiger partial charge in [0.2, 0.25) is 0 Å². The second-order valence-electron chi connectivity index (χ2n) is 3.86. The van der Waals surface area contributed by atoms with Crippen LogP contribution in [-0.4, -0.2) is 36.9 Å². The van der Waals surface area contributed by atoms with Crippen LogP contribution >= 0.6 is 0 Å². The summed E-state index contributed by atoms with van der Waals surface area (Å²) in [7, 11) is 1.24. The van der Waals surface area contributed by atoms with Gasteiger partial charge < -0.3 is 20.5 Å². The minimum absolute atomic E-state index is 0.169. The first-order valence-electron chi connectivity index (χ1n) is 5.50. The smallest absolute Gasteiger partial charge is 0.334 e. The van der Waals surface area contributed by atoms with Crippen molar-refractivity contribution in [3.8, 4) is 0 Å². The van der Waals surface area contributed by atoms with Crippen LogP contribution in [-0.2, 0) is 9.53 Å². The van der Waals surface area contributed by atoms with Gasteiger partial charge in [0.05, 0.1) is 6.54 Å². The van der Waals surface area contributed by atoms with Gasteiger partial charge in [0.15, 0.2) is 6.10 Å². The fourth-order valence-corrected chi connectivity index (χ4v) is 1.39. The number of carbonyl (C=O) groups is 2. The van der Waals surface area contributed by atoms with Gasteiger partial charge in [-0.25, -0.2) is 14.0 Å². The van der Waals surface area contributed by atoms with E-state index in [2.05, 4.69) is 15.4 Å². The van der Waals surface area contributed by atoms with Crippen molar-refractivity contribution >= 4 is 17.7 Å². The Morgan fingerprint density at radius 3 is 2.68 bits per heavy atom. The van der Waals surface area contributed by atoms with Gasteiger partial charge in [-0.3, -0.25) is 0 Å². The molecule has 0 saturated heterocycles. The Hall–Kier alpha value is -2.15. The number of anilines is 1. The normalized spacial score (nSPS) is 11.7. The molecule has 3 N–H and O–H groups in total. The molecule has 19 heavy (non-hydrogen) atoms. The van der Waals surface area contributed by atoms with Gasteiger partial charge in [0.1, 0.15) is 5.82 Å². The number of nitrogens with one attached hydrogen (secondary N) is 2. The van der Waals surface area contributed by atoms with Crippen molar-refractivity contribution < 1.29 is 23.8 Å². The van der Waals surface area contributed by atoms with E-state index < -0.39 is 23.9 Å². The molecule has 0 aromatic heterocycles. The molecule has 1 unspecified atom stereocenters. The molecule has 0 bridgehead atoms. The summed E-state index contributed by atoms with van der Waals surface area (Å²) < 4.78 is 17.5. The number of methoxy groups -OCH3 is 1. The molecule has 1 aromatic rings. The Kier molecular flexibility index (Phi) is 5.25. The average molecular weight is 270 g/mol. The van der Waals surface area contributed by atoms with E-state index in [-0.39, 0.29) is 6.54 Å². The molecule has 0 radical (unpaired) electrons. The molecule has 104 valence electrons. The highest BCUT2D eigenvalue weighted by Gasteiger charge is 2.17.